The number of ether oxygens (including phenoxy) is 1. The molecule has 3 aliphatic rings. The minimum absolute atomic E-state index is 0.0256. The van der Waals surface area contributed by atoms with Gasteiger partial charge in [-0.3, -0.25) is 9.59 Å². The van der Waals surface area contributed by atoms with Gasteiger partial charge in [0.05, 0.1) is 48.5 Å². The summed E-state index contributed by atoms with van der Waals surface area (Å²) in [5.74, 6) is 0.649. The highest BCUT2D eigenvalue weighted by atomic mass is 16.5. The average Bonchev–Trinajstić information content (AvgIpc) is 3.79. The van der Waals surface area contributed by atoms with Crippen molar-refractivity contribution in [3.05, 3.63) is 64.7 Å². The largest absolute Gasteiger partial charge is 0.463 e. The summed E-state index contributed by atoms with van der Waals surface area (Å²) in [7, 11) is 5.94. The molecule has 4 heterocycles. The molecule has 230 valence electrons. The fraction of sp³-hybridized carbons (Fsp3) is 0.485. The first-order valence-electron chi connectivity index (χ1n) is 15.3. The molecule has 1 unspecified atom stereocenters. The monoisotopic (exact) mass is 596 g/mol. The van der Waals surface area contributed by atoms with Gasteiger partial charge in [-0.15, -0.1) is 0 Å². The standard InChI is InChI=1S/C33H40N8O3/c1-5-28(42)41-18-17-40(19-24(41)9-14-34)30-25-11-16-39(27-8-6-7-23-10-15-38(4)31(43)29(23)27)20-26(25)35-32(36-30)44-22-33(12-13-33)21-37(2)3/h5-8,10,15,24H,1,9,11-13,16-22H2,2-4H3. The molecule has 0 radical (unpaired) electrons. The highest BCUT2D eigenvalue weighted by Gasteiger charge is 2.44. The highest BCUT2D eigenvalue weighted by molar-refractivity contribution is 5.93. The Morgan fingerprint density at radius 1 is 1.20 bits per heavy atom. The molecule has 1 aliphatic carbocycles. The number of fused-ring (bicyclic) bond motifs is 2. The molecule has 1 atom stereocenters. The predicted octanol–water partition coefficient (Wildman–Crippen LogP) is 2.73. The van der Waals surface area contributed by atoms with Crippen molar-refractivity contribution < 1.29 is 9.53 Å². The lowest BCUT2D eigenvalue weighted by atomic mass is 10.0. The Morgan fingerprint density at radius 2 is 2.02 bits per heavy atom. The van der Waals surface area contributed by atoms with Crippen LogP contribution in [0.25, 0.3) is 10.8 Å². The van der Waals surface area contributed by atoms with Gasteiger partial charge in [0, 0.05) is 56.9 Å². The highest BCUT2D eigenvalue weighted by Crippen LogP contribution is 2.46. The number of anilines is 2. The van der Waals surface area contributed by atoms with E-state index in [1.54, 1.807) is 22.7 Å². The molecule has 44 heavy (non-hydrogen) atoms. The number of benzene rings is 1. The van der Waals surface area contributed by atoms with Gasteiger partial charge in [0.2, 0.25) is 5.91 Å². The van der Waals surface area contributed by atoms with Gasteiger partial charge in [0.25, 0.3) is 5.56 Å². The summed E-state index contributed by atoms with van der Waals surface area (Å²) in [6.07, 6.45) is 6.25. The third-order valence-electron chi connectivity index (χ3n) is 9.13. The fourth-order valence-corrected chi connectivity index (χ4v) is 6.70. The number of piperazine rings is 1. The van der Waals surface area contributed by atoms with E-state index in [2.05, 4.69) is 41.4 Å². The Kier molecular flexibility index (Phi) is 8.03. The second-order valence-electron chi connectivity index (χ2n) is 12.6. The SMILES string of the molecule is C=CC(=O)N1CCN(c2nc(OCC3(CN(C)C)CC3)nc3c2CCN(c2cccc4ccn(C)c(=O)c24)C3)CC1CC#N. The maximum absolute atomic E-state index is 13.2. The van der Waals surface area contributed by atoms with E-state index in [1.165, 1.54) is 6.08 Å². The molecule has 11 heteroatoms. The lowest BCUT2D eigenvalue weighted by Crippen LogP contribution is -2.55. The molecule has 2 aromatic heterocycles. The van der Waals surface area contributed by atoms with Crippen LogP contribution in [0.5, 0.6) is 6.01 Å². The van der Waals surface area contributed by atoms with E-state index in [1.807, 2.05) is 24.3 Å². The zero-order chi connectivity index (χ0) is 31.0. The van der Waals surface area contributed by atoms with Crippen LogP contribution in [0.2, 0.25) is 0 Å². The fourth-order valence-electron chi connectivity index (χ4n) is 6.70. The Balaban J connectivity index is 1.35. The van der Waals surface area contributed by atoms with E-state index in [0.29, 0.717) is 57.1 Å². The summed E-state index contributed by atoms with van der Waals surface area (Å²) in [6, 6.07) is 10.3. The van der Waals surface area contributed by atoms with Gasteiger partial charge in [-0.25, -0.2) is 0 Å². The van der Waals surface area contributed by atoms with E-state index in [4.69, 9.17) is 14.7 Å². The topological polar surface area (TPSA) is 111 Å². The summed E-state index contributed by atoms with van der Waals surface area (Å²) in [4.78, 5) is 44.0. The molecular formula is C33H40N8O3. The van der Waals surface area contributed by atoms with E-state index in [-0.39, 0.29) is 29.3 Å². The number of nitriles is 1. The van der Waals surface area contributed by atoms with Gasteiger partial charge in [0.1, 0.15) is 5.82 Å². The van der Waals surface area contributed by atoms with Crippen molar-refractivity contribution in [2.75, 3.05) is 63.2 Å². The second-order valence-corrected chi connectivity index (χ2v) is 12.6. The normalized spacial score (nSPS) is 19.1. The molecule has 1 saturated heterocycles. The number of carbonyl (C=O) groups excluding carboxylic acids is 1. The summed E-state index contributed by atoms with van der Waals surface area (Å²) in [6.45, 7) is 7.90. The molecular weight excluding hydrogens is 556 g/mol. The van der Waals surface area contributed by atoms with Crippen molar-refractivity contribution in [2.45, 2.75) is 38.3 Å². The Bertz CT molecular complexity index is 1690. The molecule has 3 aromatic rings. The average molecular weight is 597 g/mol. The number of nitrogens with zero attached hydrogens (tertiary/aromatic N) is 8. The number of aryl methyl sites for hydroxylation is 1. The number of pyridine rings is 1. The van der Waals surface area contributed by atoms with Crippen molar-refractivity contribution in [2.24, 2.45) is 12.5 Å². The van der Waals surface area contributed by atoms with Gasteiger partial charge in [0.15, 0.2) is 0 Å². The van der Waals surface area contributed by atoms with Crippen molar-refractivity contribution in [1.82, 2.24) is 24.3 Å². The number of carbonyl (C=O) groups is 1. The summed E-state index contributed by atoms with van der Waals surface area (Å²) >= 11 is 0. The van der Waals surface area contributed by atoms with E-state index >= 15 is 0 Å². The molecule has 1 amide bonds. The van der Waals surface area contributed by atoms with Crippen LogP contribution in [0.3, 0.4) is 0 Å². The van der Waals surface area contributed by atoms with Crippen LogP contribution in [0.1, 0.15) is 30.5 Å². The Hall–Kier alpha value is -4.43. The maximum atomic E-state index is 13.2. The van der Waals surface area contributed by atoms with Gasteiger partial charge in [-0.2, -0.15) is 15.2 Å². The van der Waals surface area contributed by atoms with E-state index in [0.717, 1.165) is 47.5 Å². The quantitative estimate of drug-likeness (QED) is 0.344. The van der Waals surface area contributed by atoms with Crippen LogP contribution in [0, 0.1) is 16.7 Å². The van der Waals surface area contributed by atoms with Crippen LogP contribution >= 0.6 is 0 Å². The number of hydrogen-bond acceptors (Lipinski definition) is 9. The van der Waals surface area contributed by atoms with Crippen LogP contribution in [-0.2, 0) is 24.8 Å². The molecule has 0 bridgehead atoms. The maximum Gasteiger partial charge on any atom is 0.318 e. The van der Waals surface area contributed by atoms with Crippen LogP contribution < -0.4 is 20.1 Å². The van der Waals surface area contributed by atoms with Crippen LogP contribution in [-0.4, -0.2) is 89.7 Å². The minimum Gasteiger partial charge on any atom is -0.463 e. The number of aromatic nitrogens is 3. The first-order valence-corrected chi connectivity index (χ1v) is 15.3. The smallest absolute Gasteiger partial charge is 0.318 e. The lowest BCUT2D eigenvalue weighted by Gasteiger charge is -2.42. The molecule has 0 spiro atoms. The van der Waals surface area contributed by atoms with Crippen molar-refractivity contribution >= 4 is 28.2 Å². The number of amides is 1. The van der Waals surface area contributed by atoms with Gasteiger partial charge in [-0.1, -0.05) is 18.7 Å². The number of rotatable bonds is 9. The zero-order valence-corrected chi connectivity index (χ0v) is 25.8. The molecule has 0 N–H and O–H groups in total. The molecule has 1 saturated carbocycles. The van der Waals surface area contributed by atoms with Crippen molar-refractivity contribution in [3.63, 3.8) is 0 Å². The van der Waals surface area contributed by atoms with Crippen molar-refractivity contribution in [3.8, 4) is 12.1 Å². The number of hydrogen-bond donors (Lipinski definition) is 0. The van der Waals surface area contributed by atoms with Gasteiger partial charge < -0.3 is 28.9 Å². The molecule has 11 nitrogen and oxygen atoms in total. The van der Waals surface area contributed by atoms with Crippen LogP contribution in [0.15, 0.2) is 47.9 Å². The molecule has 6 rings (SSSR count). The zero-order valence-electron chi connectivity index (χ0n) is 25.8. The third-order valence-corrected chi connectivity index (χ3v) is 9.13. The first kappa shape index (κ1) is 29.6. The summed E-state index contributed by atoms with van der Waals surface area (Å²) in [5.41, 5.74) is 2.91. The van der Waals surface area contributed by atoms with Gasteiger partial charge in [-0.05, 0) is 57.0 Å². The minimum atomic E-state index is -0.268. The summed E-state index contributed by atoms with van der Waals surface area (Å²) < 4.78 is 7.97. The van der Waals surface area contributed by atoms with E-state index in [9.17, 15) is 14.9 Å². The predicted molar refractivity (Wildman–Crippen MR) is 170 cm³/mol. The second kappa shape index (κ2) is 11.9. The van der Waals surface area contributed by atoms with Crippen molar-refractivity contribution in [1.29, 1.82) is 5.26 Å². The Labute approximate surface area is 257 Å². The molecule has 1 aromatic carbocycles. The van der Waals surface area contributed by atoms with E-state index < -0.39 is 0 Å². The summed E-state index contributed by atoms with van der Waals surface area (Å²) in [5, 5.41) is 11.2. The third kappa shape index (κ3) is 5.74. The Morgan fingerprint density at radius 3 is 2.75 bits per heavy atom. The molecule has 2 aliphatic heterocycles. The van der Waals surface area contributed by atoms with Gasteiger partial charge >= 0.3 is 6.01 Å². The molecule has 2 fully saturated rings. The first-order chi connectivity index (χ1) is 21.2. The van der Waals surface area contributed by atoms with Crippen LogP contribution in [0.4, 0.5) is 11.5 Å². The lowest BCUT2D eigenvalue weighted by molar-refractivity contribution is -0.128.